The van der Waals surface area contributed by atoms with Gasteiger partial charge in [0.1, 0.15) is 5.75 Å². The molecule has 0 amide bonds. The number of hydrogen-bond donors (Lipinski definition) is 0. The maximum atomic E-state index is 11.5. The Morgan fingerprint density at radius 2 is 2.05 bits per heavy atom. The van der Waals surface area contributed by atoms with Gasteiger partial charge in [-0.05, 0) is 19.4 Å². The summed E-state index contributed by atoms with van der Waals surface area (Å²) >= 11 is 0. The van der Waals surface area contributed by atoms with Crippen LogP contribution in [0.1, 0.15) is 37.0 Å². The molecule has 7 heteroatoms. The summed E-state index contributed by atoms with van der Waals surface area (Å²) in [5.41, 5.74) is -0.149. The highest BCUT2D eigenvalue weighted by atomic mass is 16.6. The van der Waals surface area contributed by atoms with E-state index < -0.39 is 10.9 Å². The average Bonchev–Trinajstić information content (AvgIpc) is 2.45. The van der Waals surface area contributed by atoms with Gasteiger partial charge in [0.2, 0.25) is 0 Å². The van der Waals surface area contributed by atoms with Crippen LogP contribution in [0.2, 0.25) is 0 Å². The van der Waals surface area contributed by atoms with Gasteiger partial charge in [-0.3, -0.25) is 14.9 Å². The Balaban J connectivity index is 2.72. The van der Waals surface area contributed by atoms with Gasteiger partial charge in [-0.25, -0.2) is 4.79 Å². The summed E-state index contributed by atoms with van der Waals surface area (Å²) in [7, 11) is 0. The van der Waals surface area contributed by atoms with E-state index in [4.69, 9.17) is 9.47 Å². The number of hydrogen-bond acceptors (Lipinski definition) is 6. The van der Waals surface area contributed by atoms with Crippen molar-refractivity contribution < 1.29 is 24.0 Å². The fraction of sp³-hybridized carbons (Fsp3) is 0.429. The summed E-state index contributed by atoms with van der Waals surface area (Å²) in [6, 6.07) is 3.64. The van der Waals surface area contributed by atoms with Crippen LogP contribution in [0.15, 0.2) is 18.2 Å². The summed E-state index contributed by atoms with van der Waals surface area (Å²) in [6.45, 7) is 3.21. The third-order valence-electron chi connectivity index (χ3n) is 2.66. The number of ketones is 1. The fourth-order valence-electron chi connectivity index (χ4n) is 1.54. The first kappa shape index (κ1) is 16.6. The fourth-order valence-corrected chi connectivity index (χ4v) is 1.54. The van der Waals surface area contributed by atoms with Crippen molar-refractivity contribution in [3.63, 3.8) is 0 Å². The van der Waals surface area contributed by atoms with E-state index in [0.717, 1.165) is 18.9 Å². The highest BCUT2D eigenvalue weighted by molar-refractivity contribution is 5.97. The zero-order valence-corrected chi connectivity index (χ0v) is 12.0. The number of carbonyl (C=O) groups is 2. The van der Waals surface area contributed by atoms with E-state index in [0.29, 0.717) is 6.61 Å². The Labute approximate surface area is 122 Å². The van der Waals surface area contributed by atoms with Gasteiger partial charge in [0.05, 0.1) is 17.1 Å². The summed E-state index contributed by atoms with van der Waals surface area (Å²) in [5.74, 6) is -0.801. The van der Waals surface area contributed by atoms with Crippen molar-refractivity contribution in [1.29, 1.82) is 0 Å². The Kier molecular flexibility index (Phi) is 6.32. The van der Waals surface area contributed by atoms with Gasteiger partial charge in [0.15, 0.2) is 12.4 Å². The minimum absolute atomic E-state index is 0.0607. The van der Waals surface area contributed by atoms with Crippen molar-refractivity contribution in [1.82, 2.24) is 0 Å². The molecule has 0 heterocycles. The van der Waals surface area contributed by atoms with Crippen molar-refractivity contribution >= 4 is 17.4 Å². The molecule has 0 aliphatic rings. The zero-order chi connectivity index (χ0) is 15.8. The molecular weight excluding hydrogens is 278 g/mol. The second-order valence-corrected chi connectivity index (χ2v) is 4.36. The van der Waals surface area contributed by atoms with Gasteiger partial charge in [-0.15, -0.1) is 0 Å². The van der Waals surface area contributed by atoms with Gasteiger partial charge in [-0.1, -0.05) is 13.3 Å². The van der Waals surface area contributed by atoms with E-state index in [1.165, 1.54) is 19.1 Å². The van der Waals surface area contributed by atoms with Crippen LogP contribution >= 0.6 is 0 Å². The zero-order valence-electron chi connectivity index (χ0n) is 12.0. The van der Waals surface area contributed by atoms with E-state index in [1.807, 2.05) is 6.92 Å². The number of rotatable bonds is 8. The Bertz CT molecular complexity index is 540. The molecule has 21 heavy (non-hydrogen) atoms. The molecular formula is C14H17NO6. The van der Waals surface area contributed by atoms with E-state index in [2.05, 4.69) is 0 Å². The van der Waals surface area contributed by atoms with Gasteiger partial charge in [0, 0.05) is 12.1 Å². The van der Waals surface area contributed by atoms with Crippen molar-refractivity contribution in [2.75, 3.05) is 13.2 Å². The van der Waals surface area contributed by atoms with E-state index in [-0.39, 0.29) is 29.4 Å². The molecule has 114 valence electrons. The standard InChI is InChI=1S/C14H17NO6/c1-3-4-7-20-14(17)9-21-13-6-5-11(15(18)19)8-12(13)10(2)16/h5-6,8H,3-4,7,9H2,1-2H3. The molecule has 0 atom stereocenters. The molecule has 0 bridgehead atoms. The summed E-state index contributed by atoms with van der Waals surface area (Å²) in [5, 5.41) is 10.7. The minimum Gasteiger partial charge on any atom is -0.481 e. The van der Waals surface area contributed by atoms with Gasteiger partial charge in [-0.2, -0.15) is 0 Å². The number of nitro benzene ring substituents is 1. The normalized spacial score (nSPS) is 10.0. The van der Waals surface area contributed by atoms with Crippen molar-refractivity contribution in [3.05, 3.63) is 33.9 Å². The molecule has 0 saturated heterocycles. The predicted octanol–water partition coefficient (Wildman–Crippen LogP) is 2.52. The lowest BCUT2D eigenvalue weighted by molar-refractivity contribution is -0.384. The molecule has 1 rings (SSSR count). The molecule has 0 unspecified atom stereocenters. The van der Waals surface area contributed by atoms with Crippen LogP contribution in [0.3, 0.4) is 0 Å². The van der Waals surface area contributed by atoms with Crippen LogP contribution in [0.4, 0.5) is 5.69 Å². The molecule has 0 saturated carbocycles. The monoisotopic (exact) mass is 295 g/mol. The second-order valence-electron chi connectivity index (χ2n) is 4.36. The topological polar surface area (TPSA) is 95.7 Å². The number of non-ortho nitro benzene ring substituents is 1. The lowest BCUT2D eigenvalue weighted by Gasteiger charge is -2.09. The quantitative estimate of drug-likeness (QED) is 0.240. The van der Waals surface area contributed by atoms with Gasteiger partial charge < -0.3 is 9.47 Å². The number of Topliss-reactive ketones (excluding diaryl/α,β-unsaturated/α-hetero) is 1. The average molecular weight is 295 g/mol. The van der Waals surface area contributed by atoms with Crippen LogP contribution in [0.25, 0.3) is 0 Å². The van der Waals surface area contributed by atoms with Crippen molar-refractivity contribution in [2.45, 2.75) is 26.7 Å². The molecule has 0 N–H and O–H groups in total. The Morgan fingerprint density at radius 3 is 2.62 bits per heavy atom. The van der Waals surface area contributed by atoms with Crippen LogP contribution in [-0.2, 0) is 9.53 Å². The molecule has 1 aromatic carbocycles. The molecule has 0 aliphatic heterocycles. The molecule has 0 radical (unpaired) electrons. The number of nitrogens with zero attached hydrogens (tertiary/aromatic N) is 1. The first-order valence-electron chi connectivity index (χ1n) is 6.53. The maximum absolute atomic E-state index is 11.5. The van der Waals surface area contributed by atoms with E-state index in [9.17, 15) is 19.7 Å². The highest BCUT2D eigenvalue weighted by Gasteiger charge is 2.16. The molecule has 0 fully saturated rings. The van der Waals surface area contributed by atoms with Crippen LogP contribution < -0.4 is 4.74 Å². The molecule has 7 nitrogen and oxygen atoms in total. The number of nitro groups is 1. The first-order chi connectivity index (χ1) is 9.95. The van der Waals surface area contributed by atoms with E-state index >= 15 is 0 Å². The number of benzene rings is 1. The number of carbonyl (C=O) groups excluding carboxylic acids is 2. The van der Waals surface area contributed by atoms with Crippen LogP contribution in [0, 0.1) is 10.1 Å². The maximum Gasteiger partial charge on any atom is 0.344 e. The summed E-state index contributed by atoms with van der Waals surface area (Å²) < 4.78 is 10.1. The van der Waals surface area contributed by atoms with Gasteiger partial charge >= 0.3 is 5.97 Å². The first-order valence-corrected chi connectivity index (χ1v) is 6.53. The summed E-state index contributed by atoms with van der Waals surface area (Å²) in [4.78, 5) is 33.0. The number of unbranched alkanes of at least 4 members (excludes halogenated alkanes) is 1. The van der Waals surface area contributed by atoms with Gasteiger partial charge in [0.25, 0.3) is 5.69 Å². The summed E-state index contributed by atoms with van der Waals surface area (Å²) in [6.07, 6.45) is 1.67. The lowest BCUT2D eigenvalue weighted by atomic mass is 10.1. The molecule has 1 aromatic rings. The smallest absolute Gasteiger partial charge is 0.344 e. The molecule has 0 aromatic heterocycles. The van der Waals surface area contributed by atoms with Crippen molar-refractivity contribution in [2.24, 2.45) is 0 Å². The third kappa shape index (κ3) is 5.21. The minimum atomic E-state index is -0.602. The second kappa shape index (κ2) is 7.98. The molecule has 0 spiro atoms. The Morgan fingerprint density at radius 1 is 1.33 bits per heavy atom. The lowest BCUT2D eigenvalue weighted by Crippen LogP contribution is -2.16. The van der Waals surface area contributed by atoms with Crippen LogP contribution in [-0.4, -0.2) is 29.9 Å². The van der Waals surface area contributed by atoms with Crippen LogP contribution in [0.5, 0.6) is 5.75 Å². The Hall–Kier alpha value is -2.44. The SMILES string of the molecule is CCCCOC(=O)COc1ccc([N+](=O)[O-])cc1C(C)=O. The molecule has 0 aliphatic carbocycles. The van der Waals surface area contributed by atoms with E-state index in [1.54, 1.807) is 0 Å². The number of esters is 1. The highest BCUT2D eigenvalue weighted by Crippen LogP contribution is 2.24. The number of ether oxygens (including phenoxy) is 2. The largest absolute Gasteiger partial charge is 0.481 e. The third-order valence-corrected chi connectivity index (χ3v) is 2.66. The predicted molar refractivity (Wildman–Crippen MR) is 74.5 cm³/mol. The van der Waals surface area contributed by atoms with Crippen molar-refractivity contribution in [3.8, 4) is 5.75 Å².